The Bertz CT molecular complexity index is 1610. The molecule has 0 spiro atoms. The number of amides is 2. The molecule has 0 fully saturated rings. The van der Waals surface area contributed by atoms with E-state index in [1.165, 1.54) is 0 Å². The summed E-state index contributed by atoms with van der Waals surface area (Å²) in [6, 6.07) is 13.1. The molecule has 5 rings (SSSR count). The molecule has 0 bridgehead atoms. The van der Waals surface area contributed by atoms with Gasteiger partial charge in [-0.3, -0.25) is 19.4 Å². The zero-order valence-electron chi connectivity index (χ0n) is 20.9. The van der Waals surface area contributed by atoms with E-state index in [1.54, 1.807) is 35.0 Å². The summed E-state index contributed by atoms with van der Waals surface area (Å²) in [7, 11) is 0. The first-order chi connectivity index (χ1) is 17.9. The van der Waals surface area contributed by atoms with Gasteiger partial charge in [0.25, 0.3) is 5.91 Å². The van der Waals surface area contributed by atoms with E-state index in [0.29, 0.717) is 47.9 Å². The Kier molecular flexibility index (Phi) is 6.31. The molecule has 0 radical (unpaired) electrons. The zero-order valence-corrected chi connectivity index (χ0v) is 20.9. The van der Waals surface area contributed by atoms with Crippen molar-refractivity contribution in [1.29, 1.82) is 0 Å². The topological polar surface area (TPSA) is 135 Å². The molecule has 1 aromatic carbocycles. The highest BCUT2D eigenvalue weighted by molar-refractivity contribution is 6.08. The maximum atomic E-state index is 13.2. The Morgan fingerprint density at radius 2 is 1.78 bits per heavy atom. The molecule has 4 heterocycles. The number of H-pyrrole nitrogens is 1. The normalized spacial score (nSPS) is 11.2. The molecule has 5 aromatic rings. The smallest absolute Gasteiger partial charge is 0.254 e. The number of nitrogens with one attached hydrogen (secondary N) is 2. The summed E-state index contributed by atoms with van der Waals surface area (Å²) in [5.74, 6) is 6.90. The van der Waals surface area contributed by atoms with Crippen LogP contribution in [0, 0.1) is 0 Å². The van der Waals surface area contributed by atoms with Crippen molar-refractivity contribution in [1.82, 2.24) is 29.7 Å². The first-order valence-electron chi connectivity index (χ1n) is 12.2. The number of fused-ring (bicyclic) bond motifs is 2. The lowest BCUT2D eigenvalue weighted by atomic mass is 10.1. The van der Waals surface area contributed by atoms with Crippen molar-refractivity contribution in [2.24, 2.45) is 0 Å². The van der Waals surface area contributed by atoms with E-state index in [-0.39, 0.29) is 11.8 Å². The number of carbonyl (C=O) groups is 2. The third kappa shape index (κ3) is 4.26. The SMILES string of the molecule is CCC(=O)Nc1ccc(-c2cnc3n[nH]c(-c4cc5c(C(=O)N(CC)CC)cccc5n4N)c3c2)cn1. The number of benzene rings is 1. The van der Waals surface area contributed by atoms with Gasteiger partial charge in [-0.05, 0) is 50.2 Å². The number of nitrogens with two attached hydrogens (primary N) is 1. The molecule has 0 saturated heterocycles. The van der Waals surface area contributed by atoms with Crippen molar-refractivity contribution in [3.63, 3.8) is 0 Å². The summed E-state index contributed by atoms with van der Waals surface area (Å²) in [6.45, 7) is 6.97. The highest BCUT2D eigenvalue weighted by Crippen LogP contribution is 2.33. The summed E-state index contributed by atoms with van der Waals surface area (Å²) >= 11 is 0. The summed E-state index contributed by atoms with van der Waals surface area (Å²) < 4.78 is 1.57. The number of nitrogens with zero attached hydrogens (tertiary/aromatic N) is 5. The predicted octanol–water partition coefficient (Wildman–Crippen LogP) is 4.19. The van der Waals surface area contributed by atoms with Crippen LogP contribution in [0.5, 0.6) is 0 Å². The predicted molar refractivity (Wildman–Crippen MR) is 144 cm³/mol. The fraction of sp³-hybridized carbons (Fsp3) is 0.222. The summed E-state index contributed by atoms with van der Waals surface area (Å²) in [4.78, 5) is 35.4. The van der Waals surface area contributed by atoms with Crippen molar-refractivity contribution in [3.05, 3.63) is 60.4 Å². The Balaban J connectivity index is 1.57. The van der Waals surface area contributed by atoms with Gasteiger partial charge in [-0.25, -0.2) is 9.97 Å². The molecule has 4 aromatic heterocycles. The quantitative estimate of drug-likeness (QED) is 0.289. The van der Waals surface area contributed by atoms with Crippen molar-refractivity contribution in [3.8, 4) is 22.5 Å². The van der Waals surface area contributed by atoms with Gasteiger partial charge in [-0.15, -0.1) is 0 Å². The molecule has 0 aliphatic rings. The van der Waals surface area contributed by atoms with E-state index < -0.39 is 0 Å². The molecule has 10 nitrogen and oxygen atoms in total. The van der Waals surface area contributed by atoms with Gasteiger partial charge in [-0.2, -0.15) is 5.10 Å². The number of carbonyl (C=O) groups excluding carboxylic acids is 2. The fourth-order valence-electron chi connectivity index (χ4n) is 4.43. The fourth-order valence-corrected chi connectivity index (χ4v) is 4.43. The Hall–Kier alpha value is -4.73. The van der Waals surface area contributed by atoms with Gasteiger partial charge in [0.1, 0.15) is 5.82 Å². The maximum absolute atomic E-state index is 13.2. The molecule has 37 heavy (non-hydrogen) atoms. The van der Waals surface area contributed by atoms with Crippen LogP contribution >= 0.6 is 0 Å². The van der Waals surface area contributed by atoms with E-state index in [0.717, 1.165) is 27.4 Å². The number of hydrogen-bond acceptors (Lipinski definition) is 6. The average Bonchev–Trinajstić information content (AvgIpc) is 3.49. The van der Waals surface area contributed by atoms with Crippen LogP contribution in [-0.2, 0) is 4.79 Å². The van der Waals surface area contributed by atoms with Crippen molar-refractivity contribution < 1.29 is 9.59 Å². The van der Waals surface area contributed by atoms with Gasteiger partial charge in [0.2, 0.25) is 5.91 Å². The lowest BCUT2D eigenvalue weighted by Gasteiger charge is -2.19. The first kappa shape index (κ1) is 24.0. The van der Waals surface area contributed by atoms with Crippen LogP contribution in [0.2, 0.25) is 0 Å². The number of hydrogen-bond donors (Lipinski definition) is 3. The van der Waals surface area contributed by atoms with Gasteiger partial charge < -0.3 is 16.1 Å². The lowest BCUT2D eigenvalue weighted by molar-refractivity contribution is -0.115. The second-order valence-corrected chi connectivity index (χ2v) is 8.64. The van der Waals surface area contributed by atoms with Crippen LogP contribution in [0.3, 0.4) is 0 Å². The number of pyridine rings is 2. The third-order valence-electron chi connectivity index (χ3n) is 6.52. The van der Waals surface area contributed by atoms with Crippen LogP contribution < -0.4 is 11.2 Å². The van der Waals surface area contributed by atoms with Crippen LogP contribution in [0.1, 0.15) is 37.6 Å². The molecule has 2 amide bonds. The number of aromatic amines is 1. The number of rotatable bonds is 7. The first-order valence-corrected chi connectivity index (χ1v) is 12.2. The van der Waals surface area contributed by atoms with Gasteiger partial charge in [0, 0.05) is 59.4 Å². The average molecular weight is 497 g/mol. The number of aromatic nitrogens is 5. The molecule has 0 atom stereocenters. The molecule has 0 unspecified atom stereocenters. The molecule has 0 saturated carbocycles. The summed E-state index contributed by atoms with van der Waals surface area (Å²) in [6.07, 6.45) is 3.81. The summed E-state index contributed by atoms with van der Waals surface area (Å²) in [5.41, 5.74) is 4.97. The van der Waals surface area contributed by atoms with Crippen molar-refractivity contribution in [2.45, 2.75) is 27.2 Å². The van der Waals surface area contributed by atoms with Gasteiger partial charge in [-0.1, -0.05) is 13.0 Å². The van der Waals surface area contributed by atoms with Crippen LogP contribution in [0.15, 0.2) is 54.9 Å². The minimum atomic E-state index is -0.0921. The van der Waals surface area contributed by atoms with E-state index in [1.807, 2.05) is 50.2 Å². The standard InChI is InChI=1S/C27H28N8O2/c1-4-24(36)31-23-11-10-16(14-29-23)17-12-20-25(32-33-26(20)30-15-17)22-13-19-18(27(37)34(5-2)6-3)8-7-9-21(19)35(22)28/h7-15H,4-6,28H2,1-3H3,(H,29,31,36)(H,30,32,33). The Labute approximate surface area is 213 Å². The van der Waals surface area contributed by atoms with Gasteiger partial charge in [0.15, 0.2) is 5.65 Å². The summed E-state index contributed by atoms with van der Waals surface area (Å²) in [5, 5.41) is 11.7. The van der Waals surface area contributed by atoms with E-state index >= 15 is 0 Å². The highest BCUT2D eigenvalue weighted by Gasteiger charge is 2.21. The molecular weight excluding hydrogens is 468 g/mol. The third-order valence-corrected chi connectivity index (χ3v) is 6.52. The van der Waals surface area contributed by atoms with Gasteiger partial charge in [0.05, 0.1) is 16.9 Å². The minimum Gasteiger partial charge on any atom is -0.339 e. The van der Waals surface area contributed by atoms with E-state index in [9.17, 15) is 9.59 Å². The number of anilines is 1. The molecule has 0 aliphatic carbocycles. The molecular formula is C27H28N8O2. The van der Waals surface area contributed by atoms with Crippen LogP contribution in [-0.4, -0.2) is 54.6 Å². The lowest BCUT2D eigenvalue weighted by Crippen LogP contribution is -2.30. The second kappa shape index (κ2) is 9.73. The van der Waals surface area contributed by atoms with Crippen LogP contribution in [0.25, 0.3) is 44.5 Å². The zero-order chi connectivity index (χ0) is 26.1. The maximum Gasteiger partial charge on any atom is 0.254 e. The Morgan fingerprint density at radius 3 is 2.49 bits per heavy atom. The molecule has 4 N–H and O–H groups in total. The van der Waals surface area contributed by atoms with Crippen LogP contribution in [0.4, 0.5) is 5.82 Å². The molecule has 10 heteroatoms. The van der Waals surface area contributed by atoms with Crippen molar-refractivity contribution in [2.75, 3.05) is 24.2 Å². The minimum absolute atomic E-state index is 0.0303. The highest BCUT2D eigenvalue weighted by atomic mass is 16.2. The Morgan fingerprint density at radius 1 is 1.00 bits per heavy atom. The second-order valence-electron chi connectivity index (χ2n) is 8.64. The molecule has 0 aliphatic heterocycles. The molecule has 188 valence electrons. The number of nitrogen functional groups attached to an aromatic ring is 1. The monoisotopic (exact) mass is 496 g/mol. The van der Waals surface area contributed by atoms with Crippen molar-refractivity contribution >= 4 is 39.6 Å². The van der Waals surface area contributed by atoms with E-state index in [2.05, 4.69) is 25.5 Å². The van der Waals surface area contributed by atoms with E-state index in [4.69, 9.17) is 5.84 Å². The largest absolute Gasteiger partial charge is 0.339 e. The van der Waals surface area contributed by atoms with Gasteiger partial charge >= 0.3 is 0 Å².